The molecule has 1 aliphatic heterocycles. The topological polar surface area (TPSA) is 51.1 Å². The summed E-state index contributed by atoms with van der Waals surface area (Å²) in [5.41, 5.74) is 2.30. The Bertz CT molecular complexity index is 1270. The van der Waals surface area contributed by atoms with Crippen LogP contribution >= 0.6 is 27.7 Å². The first-order chi connectivity index (χ1) is 16.1. The van der Waals surface area contributed by atoms with Crippen molar-refractivity contribution < 1.29 is 14.3 Å². The Labute approximate surface area is 205 Å². The van der Waals surface area contributed by atoms with Gasteiger partial charge < -0.3 is 9.47 Å². The van der Waals surface area contributed by atoms with Gasteiger partial charge in [0.25, 0.3) is 5.91 Å². The fourth-order valence-corrected chi connectivity index (χ4v) is 4.77. The molecule has 1 aliphatic rings. The Hall–Kier alpha value is -3.47. The van der Waals surface area contributed by atoms with Crippen molar-refractivity contribution in [3.05, 3.63) is 87.7 Å². The molecular weight excluding hydrogens is 500 g/mol. The van der Waals surface area contributed by atoms with E-state index in [1.54, 1.807) is 18.1 Å². The van der Waals surface area contributed by atoms with Crippen molar-refractivity contribution in [3.8, 4) is 23.8 Å². The van der Waals surface area contributed by atoms with Gasteiger partial charge in [0.1, 0.15) is 6.61 Å². The van der Waals surface area contributed by atoms with E-state index in [1.807, 2.05) is 72.8 Å². The number of benzene rings is 3. The Morgan fingerprint density at radius 3 is 2.48 bits per heavy atom. The SMILES string of the molecule is C#CCOc1c(Br)cc(/C=C2\SC(=Nc3ccccc3)N(c3ccccc3)C2=O)cc1OC. The standard InChI is InChI=1S/C26H19BrN2O3S/c1-3-14-32-24-21(27)15-18(16-22(24)31-2)17-23-25(30)29(20-12-8-5-9-13-20)26(33-23)28-19-10-6-4-7-11-19/h1,4-13,15-17H,14H2,2H3/b23-17-,28-26?. The van der Waals surface area contributed by atoms with Crippen molar-refractivity contribution in [2.75, 3.05) is 18.6 Å². The largest absolute Gasteiger partial charge is 0.493 e. The second-order valence-corrected chi connectivity index (χ2v) is 8.71. The highest BCUT2D eigenvalue weighted by Gasteiger charge is 2.34. The van der Waals surface area contributed by atoms with Gasteiger partial charge >= 0.3 is 0 Å². The molecule has 0 saturated carbocycles. The molecule has 33 heavy (non-hydrogen) atoms. The Balaban J connectivity index is 1.74. The van der Waals surface area contributed by atoms with Crippen molar-refractivity contribution in [1.29, 1.82) is 0 Å². The zero-order chi connectivity index (χ0) is 23.2. The molecule has 3 aromatic rings. The second kappa shape index (κ2) is 10.4. The Kier molecular flexibility index (Phi) is 7.18. The molecule has 0 N–H and O–H groups in total. The molecule has 1 heterocycles. The number of para-hydroxylation sites is 2. The van der Waals surface area contributed by atoms with Gasteiger partial charge in [-0.05, 0) is 75.7 Å². The fourth-order valence-electron chi connectivity index (χ4n) is 3.19. The minimum atomic E-state index is -0.149. The van der Waals surface area contributed by atoms with E-state index in [-0.39, 0.29) is 12.5 Å². The predicted molar refractivity (Wildman–Crippen MR) is 138 cm³/mol. The van der Waals surface area contributed by atoms with Crippen LogP contribution in [0.15, 0.2) is 87.2 Å². The molecule has 0 spiro atoms. The van der Waals surface area contributed by atoms with Crippen LogP contribution in [0, 0.1) is 12.3 Å². The maximum atomic E-state index is 13.4. The van der Waals surface area contributed by atoms with E-state index in [0.717, 1.165) is 16.9 Å². The zero-order valence-electron chi connectivity index (χ0n) is 17.7. The first kappa shape index (κ1) is 22.7. The zero-order valence-corrected chi connectivity index (χ0v) is 20.1. The molecule has 0 radical (unpaired) electrons. The fraction of sp³-hybridized carbons (Fsp3) is 0.0769. The van der Waals surface area contributed by atoms with Crippen molar-refractivity contribution in [3.63, 3.8) is 0 Å². The van der Waals surface area contributed by atoms with E-state index < -0.39 is 0 Å². The average molecular weight is 519 g/mol. The number of nitrogens with zero attached hydrogens (tertiary/aromatic N) is 2. The van der Waals surface area contributed by atoms with Gasteiger partial charge in [-0.3, -0.25) is 9.69 Å². The minimum Gasteiger partial charge on any atom is -0.493 e. The summed E-state index contributed by atoms with van der Waals surface area (Å²) in [6, 6.07) is 22.7. The molecule has 5 nitrogen and oxygen atoms in total. The smallest absolute Gasteiger partial charge is 0.271 e. The summed E-state index contributed by atoms with van der Waals surface area (Å²) < 4.78 is 11.7. The number of hydrogen-bond donors (Lipinski definition) is 0. The molecule has 1 fully saturated rings. The lowest BCUT2D eigenvalue weighted by Crippen LogP contribution is -2.28. The van der Waals surface area contributed by atoms with Gasteiger partial charge in [-0.1, -0.05) is 42.3 Å². The first-order valence-electron chi connectivity index (χ1n) is 9.97. The van der Waals surface area contributed by atoms with Gasteiger partial charge in [0, 0.05) is 0 Å². The number of ether oxygens (including phenoxy) is 2. The van der Waals surface area contributed by atoms with Gasteiger partial charge in [0.2, 0.25) is 0 Å². The van der Waals surface area contributed by atoms with Crippen molar-refractivity contribution >= 4 is 56.2 Å². The van der Waals surface area contributed by atoms with Gasteiger partial charge in [0.15, 0.2) is 16.7 Å². The van der Waals surface area contributed by atoms with Gasteiger partial charge in [-0.2, -0.15) is 0 Å². The number of thioether (sulfide) groups is 1. The van der Waals surface area contributed by atoms with Crippen LogP contribution in [0.4, 0.5) is 11.4 Å². The summed E-state index contributed by atoms with van der Waals surface area (Å²) in [5, 5.41) is 0.587. The number of amides is 1. The molecule has 1 amide bonds. The molecule has 0 atom stereocenters. The quantitative estimate of drug-likeness (QED) is 0.284. The van der Waals surface area contributed by atoms with Gasteiger partial charge in [-0.25, -0.2) is 4.99 Å². The predicted octanol–water partition coefficient (Wildman–Crippen LogP) is 6.28. The van der Waals surface area contributed by atoms with Gasteiger partial charge in [-0.15, -0.1) is 6.42 Å². The number of hydrogen-bond acceptors (Lipinski definition) is 5. The number of carbonyl (C=O) groups is 1. The summed E-state index contributed by atoms with van der Waals surface area (Å²) >= 11 is 4.83. The normalized spacial score (nSPS) is 15.7. The molecule has 1 saturated heterocycles. The molecule has 164 valence electrons. The third kappa shape index (κ3) is 5.14. The van der Waals surface area contributed by atoms with E-state index in [9.17, 15) is 4.79 Å². The number of rotatable bonds is 6. The number of halogens is 1. The number of anilines is 1. The lowest BCUT2D eigenvalue weighted by atomic mass is 10.1. The minimum absolute atomic E-state index is 0.120. The van der Waals surface area contributed by atoms with Gasteiger partial charge in [0.05, 0.1) is 27.9 Å². The summed E-state index contributed by atoms with van der Waals surface area (Å²) in [7, 11) is 1.55. The van der Waals surface area contributed by atoms with Crippen LogP contribution in [0.25, 0.3) is 6.08 Å². The Morgan fingerprint density at radius 2 is 1.82 bits per heavy atom. The van der Waals surface area contributed by atoms with Crippen LogP contribution in [-0.4, -0.2) is 24.8 Å². The maximum absolute atomic E-state index is 13.4. The van der Waals surface area contributed by atoms with E-state index >= 15 is 0 Å². The van der Waals surface area contributed by atoms with Crippen LogP contribution < -0.4 is 14.4 Å². The van der Waals surface area contributed by atoms with Crippen LogP contribution in [0.1, 0.15) is 5.56 Å². The lowest BCUT2D eigenvalue weighted by molar-refractivity contribution is -0.113. The molecule has 3 aromatic carbocycles. The number of methoxy groups -OCH3 is 1. The molecule has 0 aliphatic carbocycles. The van der Waals surface area contributed by atoms with Crippen molar-refractivity contribution in [1.82, 2.24) is 0 Å². The number of amidine groups is 1. The monoisotopic (exact) mass is 518 g/mol. The molecule has 0 aromatic heterocycles. The van der Waals surface area contributed by atoms with E-state index in [1.165, 1.54) is 11.8 Å². The summed E-state index contributed by atoms with van der Waals surface area (Å²) in [5.74, 6) is 3.32. The summed E-state index contributed by atoms with van der Waals surface area (Å²) in [6.07, 6.45) is 7.12. The highest BCUT2D eigenvalue weighted by atomic mass is 79.9. The lowest BCUT2D eigenvalue weighted by Gasteiger charge is -2.15. The second-order valence-electron chi connectivity index (χ2n) is 6.84. The van der Waals surface area contributed by atoms with E-state index in [0.29, 0.717) is 26.0 Å². The first-order valence-corrected chi connectivity index (χ1v) is 11.6. The van der Waals surface area contributed by atoms with Crippen molar-refractivity contribution in [2.24, 2.45) is 4.99 Å². The van der Waals surface area contributed by atoms with Crippen LogP contribution in [0.2, 0.25) is 0 Å². The molecule has 7 heteroatoms. The Morgan fingerprint density at radius 1 is 1.12 bits per heavy atom. The average Bonchev–Trinajstić information content (AvgIpc) is 3.13. The van der Waals surface area contributed by atoms with E-state index in [2.05, 4.69) is 21.9 Å². The molecular formula is C26H19BrN2O3S. The molecule has 0 unspecified atom stereocenters. The third-order valence-corrected chi connectivity index (χ3v) is 6.21. The maximum Gasteiger partial charge on any atom is 0.271 e. The molecule has 4 rings (SSSR count). The number of carbonyl (C=O) groups excluding carboxylic acids is 1. The van der Waals surface area contributed by atoms with Crippen LogP contribution in [-0.2, 0) is 4.79 Å². The number of aliphatic imine (C=N–C) groups is 1. The van der Waals surface area contributed by atoms with Crippen molar-refractivity contribution in [2.45, 2.75) is 0 Å². The third-order valence-electron chi connectivity index (χ3n) is 4.65. The van der Waals surface area contributed by atoms with Crippen LogP contribution in [0.3, 0.4) is 0 Å². The molecule has 0 bridgehead atoms. The van der Waals surface area contributed by atoms with E-state index in [4.69, 9.17) is 20.9 Å². The number of terminal acetylenes is 1. The summed E-state index contributed by atoms with van der Waals surface area (Å²) in [4.78, 5) is 20.3. The highest BCUT2D eigenvalue weighted by Crippen LogP contribution is 2.40. The van der Waals surface area contributed by atoms with Crippen LogP contribution in [0.5, 0.6) is 11.5 Å². The summed E-state index contributed by atoms with van der Waals surface area (Å²) in [6.45, 7) is 0.120. The highest BCUT2D eigenvalue weighted by molar-refractivity contribution is 9.10.